The number of rotatable bonds is 7. The molecule has 0 aliphatic carbocycles. The fourth-order valence-electron chi connectivity index (χ4n) is 4.42. The molecule has 6 heteroatoms. The van der Waals surface area contributed by atoms with Crippen LogP contribution in [0.5, 0.6) is 0 Å². The van der Waals surface area contributed by atoms with Crippen LogP contribution in [-0.4, -0.2) is 48.1 Å². The summed E-state index contributed by atoms with van der Waals surface area (Å²) in [5.41, 5.74) is 11.8. The molecule has 4 rings (SSSR count). The molecule has 0 amide bonds. The molecule has 3 aromatic rings. The standard InChI is InChI=1S/C25H30N4O.C2H6S/c1-2-29-24-17-19(5-3-4-12-28-13-15-30-16-14-28)6-11-22(24)23(18-26)25(29)20-7-9-21(27)10-8-20;1-2-3/h6-11,17H,2-5,12-16,27H2,1H3;3H,2H2,1H3. The van der Waals surface area contributed by atoms with Gasteiger partial charge < -0.3 is 15.0 Å². The predicted molar refractivity (Wildman–Crippen MR) is 142 cm³/mol. The summed E-state index contributed by atoms with van der Waals surface area (Å²) in [6.07, 6.45) is 3.44. The van der Waals surface area contributed by atoms with Gasteiger partial charge in [0.1, 0.15) is 6.07 Å². The summed E-state index contributed by atoms with van der Waals surface area (Å²) in [6, 6.07) is 16.8. The van der Waals surface area contributed by atoms with Crippen molar-refractivity contribution in [2.45, 2.75) is 39.7 Å². The van der Waals surface area contributed by atoms with E-state index in [1.165, 1.54) is 18.4 Å². The van der Waals surface area contributed by atoms with Gasteiger partial charge in [-0.05, 0) is 67.8 Å². The maximum Gasteiger partial charge on any atom is 0.102 e. The number of nitrogens with zero attached hydrogens (tertiary/aromatic N) is 3. The molecule has 5 nitrogen and oxygen atoms in total. The number of aromatic nitrogens is 1. The van der Waals surface area contributed by atoms with E-state index < -0.39 is 0 Å². The van der Waals surface area contributed by atoms with Gasteiger partial charge in [0.25, 0.3) is 0 Å². The topological polar surface area (TPSA) is 67.2 Å². The van der Waals surface area contributed by atoms with Crippen LogP contribution in [0.3, 0.4) is 0 Å². The maximum absolute atomic E-state index is 9.91. The molecule has 0 radical (unpaired) electrons. The number of nitriles is 1. The lowest BCUT2D eigenvalue weighted by molar-refractivity contribution is 0.0372. The minimum absolute atomic E-state index is 0.732. The molecule has 176 valence electrons. The molecule has 1 saturated heterocycles. The van der Waals surface area contributed by atoms with Crippen LogP contribution < -0.4 is 5.73 Å². The molecule has 0 bridgehead atoms. The quantitative estimate of drug-likeness (QED) is 0.280. The van der Waals surface area contributed by atoms with Gasteiger partial charge in [0.2, 0.25) is 0 Å². The summed E-state index contributed by atoms with van der Waals surface area (Å²) in [4.78, 5) is 2.49. The zero-order valence-electron chi connectivity index (χ0n) is 19.9. The van der Waals surface area contributed by atoms with Gasteiger partial charge in [-0.3, -0.25) is 4.90 Å². The third-order valence-corrected chi connectivity index (χ3v) is 6.03. The van der Waals surface area contributed by atoms with E-state index in [1.807, 2.05) is 31.2 Å². The monoisotopic (exact) mass is 464 g/mol. The van der Waals surface area contributed by atoms with Crippen molar-refractivity contribution in [3.63, 3.8) is 0 Å². The first kappa shape index (κ1) is 25.2. The number of anilines is 1. The van der Waals surface area contributed by atoms with Gasteiger partial charge in [0, 0.05) is 30.7 Å². The smallest absolute Gasteiger partial charge is 0.102 e. The Balaban J connectivity index is 0.000000968. The van der Waals surface area contributed by atoms with E-state index in [0.29, 0.717) is 0 Å². The highest BCUT2D eigenvalue weighted by molar-refractivity contribution is 7.80. The third-order valence-electron chi connectivity index (χ3n) is 6.03. The number of aryl methyl sites for hydroxylation is 2. The molecular weight excluding hydrogens is 428 g/mol. The zero-order chi connectivity index (χ0) is 23.6. The van der Waals surface area contributed by atoms with Gasteiger partial charge in [-0.2, -0.15) is 17.9 Å². The molecule has 0 spiro atoms. The highest BCUT2D eigenvalue weighted by Gasteiger charge is 2.18. The minimum atomic E-state index is 0.732. The number of ether oxygens (including phenoxy) is 1. The van der Waals surface area contributed by atoms with Gasteiger partial charge in [-0.25, -0.2) is 0 Å². The summed E-state index contributed by atoms with van der Waals surface area (Å²) in [6.45, 7) is 9.93. The van der Waals surface area contributed by atoms with Crippen LogP contribution in [0.4, 0.5) is 5.69 Å². The van der Waals surface area contributed by atoms with Crippen LogP contribution in [-0.2, 0) is 17.7 Å². The first-order chi connectivity index (χ1) is 16.1. The number of fused-ring (bicyclic) bond motifs is 1. The molecule has 0 unspecified atom stereocenters. The average molecular weight is 465 g/mol. The second kappa shape index (κ2) is 12.7. The number of nitrogens with two attached hydrogens (primary N) is 1. The lowest BCUT2D eigenvalue weighted by atomic mass is 10.0. The Morgan fingerprint density at radius 1 is 1.06 bits per heavy atom. The highest BCUT2D eigenvalue weighted by Crippen LogP contribution is 2.34. The normalized spacial score (nSPS) is 14.0. The van der Waals surface area contributed by atoms with Crippen molar-refractivity contribution in [2.75, 3.05) is 44.3 Å². The molecule has 1 aliphatic rings. The molecule has 1 fully saturated rings. The zero-order valence-corrected chi connectivity index (χ0v) is 20.8. The number of thiol groups is 1. The second-order valence-electron chi connectivity index (χ2n) is 8.28. The molecule has 33 heavy (non-hydrogen) atoms. The van der Waals surface area contributed by atoms with Crippen molar-refractivity contribution in [1.82, 2.24) is 9.47 Å². The number of nitrogen functional groups attached to an aromatic ring is 1. The van der Waals surface area contributed by atoms with E-state index >= 15 is 0 Å². The second-order valence-corrected chi connectivity index (χ2v) is 8.91. The van der Waals surface area contributed by atoms with Crippen molar-refractivity contribution in [3.8, 4) is 17.3 Å². The van der Waals surface area contributed by atoms with Gasteiger partial charge >= 0.3 is 0 Å². The number of morpholine rings is 1. The molecule has 0 saturated carbocycles. The molecule has 2 heterocycles. The molecule has 2 N–H and O–H groups in total. The summed E-state index contributed by atoms with van der Waals surface area (Å²) < 4.78 is 7.68. The van der Waals surface area contributed by atoms with Crippen molar-refractivity contribution >= 4 is 29.2 Å². The van der Waals surface area contributed by atoms with E-state index in [4.69, 9.17) is 10.5 Å². The first-order valence-corrected chi connectivity index (χ1v) is 12.6. The Hall–Kier alpha value is -2.46. The van der Waals surface area contributed by atoms with Gasteiger partial charge in [0.15, 0.2) is 0 Å². The first-order valence-electron chi connectivity index (χ1n) is 11.9. The van der Waals surface area contributed by atoms with E-state index in [2.05, 4.69) is 53.3 Å². The molecule has 0 atom stereocenters. The lowest BCUT2D eigenvalue weighted by Gasteiger charge is -2.26. The van der Waals surface area contributed by atoms with Gasteiger partial charge in [-0.1, -0.05) is 31.2 Å². The van der Waals surface area contributed by atoms with Gasteiger partial charge in [0.05, 0.1) is 30.0 Å². The SMILES string of the molecule is CCS.CCn1c(-c2ccc(N)cc2)c(C#N)c2ccc(CCCCN3CCOCC3)cc21. The highest BCUT2D eigenvalue weighted by atomic mass is 32.1. The van der Waals surface area contributed by atoms with Crippen LogP contribution in [0.15, 0.2) is 42.5 Å². The van der Waals surface area contributed by atoms with Crippen LogP contribution in [0, 0.1) is 11.3 Å². The number of hydrogen-bond donors (Lipinski definition) is 2. The summed E-state index contributed by atoms with van der Waals surface area (Å²) in [7, 11) is 0. The lowest BCUT2D eigenvalue weighted by Crippen LogP contribution is -2.36. The van der Waals surface area contributed by atoms with Gasteiger partial charge in [-0.15, -0.1) is 0 Å². The minimum Gasteiger partial charge on any atom is -0.399 e. The Kier molecular flexibility index (Phi) is 9.68. The Labute approximate surface area is 203 Å². The van der Waals surface area contributed by atoms with Crippen LogP contribution in [0.2, 0.25) is 0 Å². The Bertz CT molecular complexity index is 1060. The van der Waals surface area contributed by atoms with Crippen LogP contribution in [0.25, 0.3) is 22.2 Å². The number of unbranched alkanes of at least 4 members (excludes halogenated alkanes) is 1. The molecule has 1 aliphatic heterocycles. The third kappa shape index (κ3) is 6.32. The Morgan fingerprint density at radius 2 is 1.76 bits per heavy atom. The largest absolute Gasteiger partial charge is 0.399 e. The molecular formula is C27H36N4OS. The van der Waals surface area contributed by atoms with Crippen molar-refractivity contribution in [2.24, 2.45) is 0 Å². The van der Waals surface area contributed by atoms with E-state index in [0.717, 1.165) is 85.0 Å². The fraction of sp³-hybridized carbons (Fsp3) is 0.444. The number of hydrogen-bond acceptors (Lipinski definition) is 5. The Morgan fingerprint density at radius 3 is 2.39 bits per heavy atom. The van der Waals surface area contributed by atoms with E-state index in [9.17, 15) is 5.26 Å². The molecule has 2 aromatic carbocycles. The number of benzene rings is 2. The maximum atomic E-state index is 9.91. The summed E-state index contributed by atoms with van der Waals surface area (Å²) in [5.74, 6) is 0.944. The summed E-state index contributed by atoms with van der Waals surface area (Å²) in [5, 5.41) is 10.9. The van der Waals surface area contributed by atoms with Crippen LogP contribution >= 0.6 is 12.6 Å². The van der Waals surface area contributed by atoms with Crippen LogP contribution in [0.1, 0.15) is 37.8 Å². The predicted octanol–water partition coefficient (Wildman–Crippen LogP) is 5.37. The fourth-order valence-corrected chi connectivity index (χ4v) is 4.42. The van der Waals surface area contributed by atoms with E-state index in [-0.39, 0.29) is 0 Å². The van der Waals surface area contributed by atoms with E-state index in [1.54, 1.807) is 0 Å². The average Bonchev–Trinajstić information content (AvgIpc) is 3.16. The van der Waals surface area contributed by atoms with Crippen molar-refractivity contribution < 1.29 is 4.74 Å². The summed E-state index contributed by atoms with van der Waals surface area (Å²) >= 11 is 3.79. The van der Waals surface area contributed by atoms with Crippen molar-refractivity contribution in [1.29, 1.82) is 5.26 Å². The molecule has 1 aromatic heterocycles. The van der Waals surface area contributed by atoms with Crippen molar-refractivity contribution in [3.05, 3.63) is 53.6 Å².